The molecule has 0 N–H and O–H groups in total. The molecule has 0 amide bonds. The number of hydrogen-bond donors (Lipinski definition) is 0. The first kappa shape index (κ1) is 20.2. The predicted molar refractivity (Wildman–Crippen MR) is 107 cm³/mol. The number of nitrogens with zero attached hydrogens (tertiary/aromatic N) is 1. The van der Waals surface area contributed by atoms with Crippen LogP contribution < -0.4 is 9.04 Å². The van der Waals surface area contributed by atoms with E-state index in [1.807, 2.05) is 0 Å². The Morgan fingerprint density at radius 2 is 1.68 bits per heavy atom. The number of carbonyl (C=O) groups excluding carboxylic acids is 1. The molecule has 2 aromatic rings. The van der Waals surface area contributed by atoms with Crippen LogP contribution in [-0.4, -0.2) is 33.6 Å². The SMILES string of the molecule is CCOC(=O)CN(c1ccc(OC2CCCC2)cc1)S(=O)(=O)c1ccccc1. The second kappa shape index (κ2) is 9.10. The van der Waals surface area contributed by atoms with Crippen LogP contribution in [0.15, 0.2) is 59.5 Å². The lowest BCUT2D eigenvalue weighted by atomic mass is 10.2. The normalized spacial score (nSPS) is 14.6. The zero-order valence-corrected chi connectivity index (χ0v) is 16.7. The number of carbonyl (C=O) groups is 1. The van der Waals surface area contributed by atoms with Crippen molar-refractivity contribution in [3.05, 3.63) is 54.6 Å². The van der Waals surface area contributed by atoms with Crippen molar-refractivity contribution in [3.8, 4) is 5.75 Å². The van der Waals surface area contributed by atoms with Gasteiger partial charge in [0, 0.05) is 0 Å². The second-order valence-electron chi connectivity index (χ2n) is 6.65. The third kappa shape index (κ3) is 4.84. The topological polar surface area (TPSA) is 72.9 Å². The molecule has 0 aliphatic heterocycles. The van der Waals surface area contributed by atoms with Crippen LogP contribution in [0.3, 0.4) is 0 Å². The molecule has 0 saturated heterocycles. The van der Waals surface area contributed by atoms with E-state index in [0.717, 1.165) is 17.1 Å². The Labute approximate surface area is 166 Å². The van der Waals surface area contributed by atoms with Gasteiger partial charge in [0.25, 0.3) is 10.0 Å². The van der Waals surface area contributed by atoms with Gasteiger partial charge in [-0.2, -0.15) is 0 Å². The average Bonchev–Trinajstić information content (AvgIpc) is 3.21. The highest BCUT2D eigenvalue weighted by atomic mass is 32.2. The van der Waals surface area contributed by atoms with E-state index >= 15 is 0 Å². The number of sulfonamides is 1. The Bertz CT molecular complexity index is 875. The molecule has 28 heavy (non-hydrogen) atoms. The van der Waals surface area contributed by atoms with Gasteiger partial charge in [-0.05, 0) is 69.0 Å². The van der Waals surface area contributed by atoms with Crippen molar-refractivity contribution < 1.29 is 22.7 Å². The third-order valence-corrected chi connectivity index (χ3v) is 6.43. The largest absolute Gasteiger partial charge is 0.490 e. The maximum Gasteiger partial charge on any atom is 0.326 e. The van der Waals surface area contributed by atoms with Gasteiger partial charge < -0.3 is 9.47 Å². The predicted octanol–water partition coefficient (Wildman–Crippen LogP) is 3.77. The highest BCUT2D eigenvalue weighted by Crippen LogP contribution is 2.28. The van der Waals surface area contributed by atoms with Crippen LogP contribution in [0, 0.1) is 0 Å². The summed E-state index contributed by atoms with van der Waals surface area (Å²) in [6.45, 7) is 1.48. The van der Waals surface area contributed by atoms with E-state index in [0.29, 0.717) is 11.4 Å². The molecule has 1 fully saturated rings. The minimum absolute atomic E-state index is 0.116. The van der Waals surface area contributed by atoms with Gasteiger partial charge in [0.2, 0.25) is 0 Å². The van der Waals surface area contributed by atoms with Crippen LogP contribution in [-0.2, 0) is 19.6 Å². The van der Waals surface area contributed by atoms with Gasteiger partial charge in [-0.15, -0.1) is 0 Å². The van der Waals surface area contributed by atoms with Crippen molar-refractivity contribution in [1.82, 2.24) is 0 Å². The summed E-state index contributed by atoms with van der Waals surface area (Å²) < 4.78 is 38.2. The van der Waals surface area contributed by atoms with Gasteiger partial charge in [-0.25, -0.2) is 8.42 Å². The smallest absolute Gasteiger partial charge is 0.326 e. The van der Waals surface area contributed by atoms with Crippen LogP contribution in [0.5, 0.6) is 5.75 Å². The van der Waals surface area contributed by atoms with E-state index in [4.69, 9.17) is 9.47 Å². The van der Waals surface area contributed by atoms with Crippen molar-refractivity contribution in [3.63, 3.8) is 0 Å². The Morgan fingerprint density at radius 3 is 2.29 bits per heavy atom. The van der Waals surface area contributed by atoms with Crippen LogP contribution >= 0.6 is 0 Å². The minimum atomic E-state index is -3.91. The van der Waals surface area contributed by atoms with Crippen LogP contribution in [0.4, 0.5) is 5.69 Å². The fourth-order valence-electron chi connectivity index (χ4n) is 3.25. The van der Waals surface area contributed by atoms with Gasteiger partial charge in [0.05, 0.1) is 23.3 Å². The first-order valence-corrected chi connectivity index (χ1v) is 10.9. The summed E-state index contributed by atoms with van der Waals surface area (Å²) in [5.74, 6) is 0.0946. The van der Waals surface area contributed by atoms with Crippen molar-refractivity contribution in [2.75, 3.05) is 17.5 Å². The van der Waals surface area contributed by atoms with Crippen LogP contribution in [0.1, 0.15) is 32.6 Å². The van der Waals surface area contributed by atoms with Crippen molar-refractivity contribution in [1.29, 1.82) is 0 Å². The van der Waals surface area contributed by atoms with E-state index < -0.39 is 22.5 Å². The molecule has 1 saturated carbocycles. The molecule has 0 spiro atoms. The maximum atomic E-state index is 13.1. The molecule has 0 aromatic heterocycles. The molecule has 3 rings (SSSR count). The zero-order chi connectivity index (χ0) is 20.0. The number of benzene rings is 2. The monoisotopic (exact) mass is 403 g/mol. The molecule has 0 radical (unpaired) electrons. The molecule has 1 aliphatic carbocycles. The van der Waals surface area contributed by atoms with Gasteiger partial charge in [0.15, 0.2) is 0 Å². The van der Waals surface area contributed by atoms with Crippen LogP contribution in [0.25, 0.3) is 0 Å². The number of rotatable bonds is 8. The molecule has 0 unspecified atom stereocenters. The van der Waals surface area contributed by atoms with Crippen molar-refractivity contribution in [2.45, 2.75) is 43.6 Å². The van der Waals surface area contributed by atoms with Crippen molar-refractivity contribution >= 4 is 21.7 Å². The first-order valence-electron chi connectivity index (χ1n) is 9.51. The summed E-state index contributed by atoms with van der Waals surface area (Å²) in [6, 6.07) is 14.8. The van der Waals surface area contributed by atoms with E-state index in [9.17, 15) is 13.2 Å². The summed E-state index contributed by atoms with van der Waals surface area (Å²) in [7, 11) is -3.91. The molecule has 2 aromatic carbocycles. The molecule has 7 heteroatoms. The summed E-state index contributed by atoms with van der Waals surface area (Å²) in [6.07, 6.45) is 4.64. The summed E-state index contributed by atoms with van der Waals surface area (Å²) in [5.41, 5.74) is 0.385. The lowest BCUT2D eigenvalue weighted by molar-refractivity contribution is -0.141. The summed E-state index contributed by atoms with van der Waals surface area (Å²) in [5, 5.41) is 0. The fourth-order valence-corrected chi connectivity index (χ4v) is 4.68. The van der Waals surface area contributed by atoms with Gasteiger partial charge in [-0.3, -0.25) is 9.10 Å². The van der Waals surface area contributed by atoms with Gasteiger partial charge in [-0.1, -0.05) is 18.2 Å². The fraction of sp³-hybridized carbons (Fsp3) is 0.381. The Morgan fingerprint density at radius 1 is 1.04 bits per heavy atom. The third-order valence-electron chi connectivity index (χ3n) is 4.64. The molecular weight excluding hydrogens is 378 g/mol. The minimum Gasteiger partial charge on any atom is -0.490 e. The molecular formula is C21H25NO5S. The number of esters is 1. The molecule has 0 bridgehead atoms. The molecule has 6 nitrogen and oxygen atoms in total. The number of hydrogen-bond acceptors (Lipinski definition) is 5. The molecule has 0 atom stereocenters. The lowest BCUT2D eigenvalue weighted by Gasteiger charge is -2.24. The number of anilines is 1. The van der Waals surface area contributed by atoms with E-state index in [-0.39, 0.29) is 17.6 Å². The lowest BCUT2D eigenvalue weighted by Crippen LogP contribution is -2.36. The Kier molecular flexibility index (Phi) is 6.57. The van der Waals surface area contributed by atoms with Gasteiger partial charge >= 0.3 is 5.97 Å². The standard InChI is InChI=1S/C21H25NO5S/c1-2-26-21(23)16-22(28(24,25)20-10-4-3-5-11-20)17-12-14-19(15-13-17)27-18-8-6-7-9-18/h3-5,10-15,18H,2,6-9,16H2,1H3. The zero-order valence-electron chi connectivity index (χ0n) is 15.9. The summed E-state index contributed by atoms with van der Waals surface area (Å²) in [4.78, 5) is 12.2. The first-order chi connectivity index (χ1) is 13.5. The average molecular weight is 404 g/mol. The highest BCUT2D eigenvalue weighted by Gasteiger charge is 2.27. The Balaban J connectivity index is 1.86. The quantitative estimate of drug-likeness (QED) is 0.628. The van der Waals surface area contributed by atoms with E-state index in [2.05, 4.69) is 0 Å². The maximum absolute atomic E-state index is 13.1. The molecule has 150 valence electrons. The molecule has 0 heterocycles. The van der Waals surface area contributed by atoms with Crippen LogP contribution in [0.2, 0.25) is 0 Å². The van der Waals surface area contributed by atoms with E-state index in [1.165, 1.54) is 25.0 Å². The number of ether oxygens (including phenoxy) is 2. The highest BCUT2D eigenvalue weighted by molar-refractivity contribution is 7.92. The van der Waals surface area contributed by atoms with Gasteiger partial charge in [0.1, 0.15) is 12.3 Å². The second-order valence-corrected chi connectivity index (χ2v) is 8.51. The van der Waals surface area contributed by atoms with Crippen molar-refractivity contribution in [2.24, 2.45) is 0 Å². The Hall–Kier alpha value is -2.54. The molecule has 1 aliphatic rings. The summed E-state index contributed by atoms with van der Waals surface area (Å²) >= 11 is 0. The van der Waals surface area contributed by atoms with E-state index in [1.54, 1.807) is 49.4 Å².